The van der Waals surface area contributed by atoms with E-state index in [1.165, 1.54) is 16.0 Å². The SMILES string of the molecule is CCc1nc(-c2ccc(C(C)(C)C)cc2)sc1CN. The summed E-state index contributed by atoms with van der Waals surface area (Å²) in [5.74, 6) is 0. The fourth-order valence-corrected chi connectivity index (χ4v) is 3.09. The van der Waals surface area contributed by atoms with Crippen LogP contribution in [0.5, 0.6) is 0 Å². The molecule has 2 rings (SSSR count). The van der Waals surface area contributed by atoms with Crippen LogP contribution in [-0.4, -0.2) is 4.98 Å². The van der Waals surface area contributed by atoms with Crippen molar-refractivity contribution in [3.05, 3.63) is 40.4 Å². The average Bonchev–Trinajstić information content (AvgIpc) is 2.81. The number of nitrogens with two attached hydrogens (primary N) is 1. The molecule has 2 N–H and O–H groups in total. The van der Waals surface area contributed by atoms with Crippen LogP contribution in [0.3, 0.4) is 0 Å². The topological polar surface area (TPSA) is 38.9 Å². The van der Waals surface area contributed by atoms with E-state index < -0.39 is 0 Å². The molecule has 1 aromatic carbocycles. The molecule has 1 aromatic heterocycles. The number of hydrogen-bond donors (Lipinski definition) is 1. The molecule has 2 nitrogen and oxygen atoms in total. The van der Waals surface area contributed by atoms with Gasteiger partial charge in [-0.25, -0.2) is 4.98 Å². The molecule has 0 amide bonds. The molecule has 0 saturated heterocycles. The molecular formula is C16H22N2S. The summed E-state index contributed by atoms with van der Waals surface area (Å²) in [6.45, 7) is 9.40. The molecule has 0 saturated carbocycles. The Labute approximate surface area is 119 Å². The van der Waals surface area contributed by atoms with E-state index in [2.05, 4.69) is 52.0 Å². The molecule has 0 bridgehead atoms. The number of rotatable bonds is 3. The van der Waals surface area contributed by atoms with Crippen LogP contribution in [-0.2, 0) is 18.4 Å². The minimum absolute atomic E-state index is 0.193. The Bertz CT molecular complexity index is 526. The minimum atomic E-state index is 0.193. The Morgan fingerprint density at radius 1 is 1.16 bits per heavy atom. The summed E-state index contributed by atoms with van der Waals surface area (Å²) in [4.78, 5) is 5.91. The zero-order valence-electron chi connectivity index (χ0n) is 12.2. The van der Waals surface area contributed by atoms with Gasteiger partial charge < -0.3 is 5.73 Å². The molecule has 0 aliphatic heterocycles. The highest BCUT2D eigenvalue weighted by Crippen LogP contribution is 2.30. The number of benzene rings is 1. The molecule has 2 aromatic rings. The van der Waals surface area contributed by atoms with Gasteiger partial charge in [0.05, 0.1) is 5.69 Å². The van der Waals surface area contributed by atoms with Crippen molar-refractivity contribution in [2.75, 3.05) is 0 Å². The maximum absolute atomic E-state index is 5.77. The first-order valence-electron chi connectivity index (χ1n) is 6.75. The predicted octanol–water partition coefficient (Wildman–Crippen LogP) is 4.13. The second-order valence-corrected chi connectivity index (χ2v) is 6.86. The number of aromatic nitrogens is 1. The van der Waals surface area contributed by atoms with Crippen LogP contribution in [0, 0.1) is 0 Å². The van der Waals surface area contributed by atoms with Crippen molar-refractivity contribution in [2.45, 2.75) is 46.1 Å². The van der Waals surface area contributed by atoms with E-state index in [4.69, 9.17) is 10.7 Å². The van der Waals surface area contributed by atoms with Crippen molar-refractivity contribution in [2.24, 2.45) is 5.73 Å². The summed E-state index contributed by atoms with van der Waals surface area (Å²) in [5.41, 5.74) is 9.64. The minimum Gasteiger partial charge on any atom is -0.326 e. The van der Waals surface area contributed by atoms with Gasteiger partial charge in [-0.15, -0.1) is 11.3 Å². The molecule has 0 atom stereocenters. The highest BCUT2D eigenvalue weighted by atomic mass is 32.1. The van der Waals surface area contributed by atoms with Gasteiger partial charge in [0.2, 0.25) is 0 Å². The van der Waals surface area contributed by atoms with Crippen LogP contribution in [0.2, 0.25) is 0 Å². The fourth-order valence-electron chi connectivity index (χ4n) is 2.06. The Morgan fingerprint density at radius 3 is 2.21 bits per heavy atom. The fraction of sp³-hybridized carbons (Fsp3) is 0.438. The third-order valence-electron chi connectivity index (χ3n) is 3.30. The highest BCUT2D eigenvalue weighted by molar-refractivity contribution is 7.15. The molecule has 0 aliphatic rings. The van der Waals surface area contributed by atoms with Gasteiger partial charge in [-0.3, -0.25) is 0 Å². The number of thiazole rings is 1. The Balaban J connectivity index is 2.34. The van der Waals surface area contributed by atoms with E-state index in [0.717, 1.165) is 17.1 Å². The molecule has 3 heteroatoms. The van der Waals surface area contributed by atoms with Gasteiger partial charge in [0.25, 0.3) is 0 Å². The molecule has 0 radical (unpaired) electrons. The average molecular weight is 274 g/mol. The first-order valence-corrected chi connectivity index (χ1v) is 7.57. The maximum atomic E-state index is 5.77. The Hall–Kier alpha value is -1.19. The lowest BCUT2D eigenvalue weighted by Crippen LogP contribution is -2.10. The molecular weight excluding hydrogens is 252 g/mol. The van der Waals surface area contributed by atoms with Crippen molar-refractivity contribution in [1.82, 2.24) is 4.98 Å². The maximum Gasteiger partial charge on any atom is 0.123 e. The van der Waals surface area contributed by atoms with E-state index in [1.807, 2.05) is 0 Å². The van der Waals surface area contributed by atoms with Crippen LogP contribution >= 0.6 is 11.3 Å². The first-order chi connectivity index (χ1) is 8.95. The van der Waals surface area contributed by atoms with Gasteiger partial charge in [0, 0.05) is 17.0 Å². The standard InChI is InChI=1S/C16H22N2S/c1-5-13-14(10-17)19-15(18-13)11-6-8-12(9-7-11)16(2,3)4/h6-9H,5,10,17H2,1-4H3. The van der Waals surface area contributed by atoms with Crippen LogP contribution in [0.1, 0.15) is 43.8 Å². The smallest absolute Gasteiger partial charge is 0.123 e. The van der Waals surface area contributed by atoms with E-state index in [1.54, 1.807) is 11.3 Å². The van der Waals surface area contributed by atoms with E-state index in [-0.39, 0.29) is 5.41 Å². The molecule has 102 valence electrons. The van der Waals surface area contributed by atoms with Gasteiger partial charge in [-0.1, -0.05) is 52.0 Å². The van der Waals surface area contributed by atoms with Crippen molar-refractivity contribution < 1.29 is 0 Å². The summed E-state index contributed by atoms with van der Waals surface area (Å²) < 4.78 is 0. The van der Waals surface area contributed by atoms with Crippen molar-refractivity contribution >= 4 is 11.3 Å². The van der Waals surface area contributed by atoms with E-state index in [9.17, 15) is 0 Å². The van der Waals surface area contributed by atoms with E-state index in [0.29, 0.717) is 6.54 Å². The van der Waals surface area contributed by atoms with Gasteiger partial charge in [0.15, 0.2) is 0 Å². The summed E-state index contributed by atoms with van der Waals surface area (Å²) in [6, 6.07) is 8.73. The summed E-state index contributed by atoms with van der Waals surface area (Å²) in [5, 5.41) is 1.08. The number of hydrogen-bond acceptors (Lipinski definition) is 3. The lowest BCUT2D eigenvalue weighted by molar-refractivity contribution is 0.590. The van der Waals surface area contributed by atoms with E-state index >= 15 is 0 Å². The van der Waals surface area contributed by atoms with Gasteiger partial charge >= 0.3 is 0 Å². The molecule has 0 fully saturated rings. The number of aryl methyl sites for hydroxylation is 1. The zero-order valence-corrected chi connectivity index (χ0v) is 13.0. The summed E-state index contributed by atoms with van der Waals surface area (Å²) in [6.07, 6.45) is 0.948. The normalized spacial score (nSPS) is 11.8. The van der Waals surface area contributed by atoms with Crippen molar-refractivity contribution in [3.8, 4) is 10.6 Å². The third kappa shape index (κ3) is 3.04. The molecule has 0 unspecified atom stereocenters. The second kappa shape index (κ2) is 5.43. The zero-order chi connectivity index (χ0) is 14.0. The highest BCUT2D eigenvalue weighted by Gasteiger charge is 2.14. The first kappa shape index (κ1) is 14.2. The molecule has 1 heterocycles. The lowest BCUT2D eigenvalue weighted by Gasteiger charge is -2.18. The largest absolute Gasteiger partial charge is 0.326 e. The number of nitrogens with zero attached hydrogens (tertiary/aromatic N) is 1. The molecule has 19 heavy (non-hydrogen) atoms. The van der Waals surface area contributed by atoms with Gasteiger partial charge in [-0.05, 0) is 17.4 Å². The lowest BCUT2D eigenvalue weighted by atomic mass is 9.87. The second-order valence-electron chi connectivity index (χ2n) is 5.77. The van der Waals surface area contributed by atoms with Crippen molar-refractivity contribution in [1.29, 1.82) is 0 Å². The van der Waals surface area contributed by atoms with Crippen LogP contribution in [0.15, 0.2) is 24.3 Å². The molecule has 0 spiro atoms. The Kier molecular flexibility index (Phi) is 4.07. The molecule has 0 aliphatic carbocycles. The monoisotopic (exact) mass is 274 g/mol. The van der Waals surface area contributed by atoms with Crippen LogP contribution in [0.25, 0.3) is 10.6 Å². The summed E-state index contributed by atoms with van der Waals surface area (Å²) >= 11 is 1.71. The summed E-state index contributed by atoms with van der Waals surface area (Å²) in [7, 11) is 0. The van der Waals surface area contributed by atoms with Gasteiger partial charge in [0.1, 0.15) is 5.01 Å². The quantitative estimate of drug-likeness (QED) is 0.914. The van der Waals surface area contributed by atoms with Crippen molar-refractivity contribution in [3.63, 3.8) is 0 Å². The van der Waals surface area contributed by atoms with Gasteiger partial charge in [-0.2, -0.15) is 0 Å². The Morgan fingerprint density at radius 2 is 1.79 bits per heavy atom. The third-order valence-corrected chi connectivity index (χ3v) is 4.47. The van der Waals surface area contributed by atoms with Crippen LogP contribution in [0.4, 0.5) is 0 Å². The van der Waals surface area contributed by atoms with Crippen LogP contribution < -0.4 is 5.73 Å². The predicted molar refractivity (Wildman–Crippen MR) is 83.5 cm³/mol.